The van der Waals surface area contributed by atoms with Crippen LogP contribution < -0.4 is 5.11 Å². The predicted octanol–water partition coefficient (Wildman–Crippen LogP) is -0.256. The number of carboxylic acids is 1. The number of carbonyl (C=O) groups excluding carboxylic acids is 1. The molecule has 0 N–H and O–H groups in total. The summed E-state index contributed by atoms with van der Waals surface area (Å²) in [4.78, 5) is 14.0. The Morgan fingerprint density at radius 2 is 2.42 bits per heavy atom. The number of thiocarbonyl (C=S) groups is 1. The first kappa shape index (κ1) is 8.80. The molecule has 0 fully saturated rings. The van der Waals surface area contributed by atoms with E-state index in [1.54, 1.807) is 24.5 Å². The average Bonchev–Trinajstić information content (AvgIpc) is 2.06. The van der Waals surface area contributed by atoms with E-state index >= 15 is 0 Å². The SMILES string of the molecule is O=C([O-])C(=S)Cc1cccnc1. The number of carbonyl (C=O) groups is 1. The summed E-state index contributed by atoms with van der Waals surface area (Å²) in [7, 11) is 0. The fourth-order valence-electron chi connectivity index (χ4n) is 0.760. The van der Waals surface area contributed by atoms with Crippen LogP contribution in [0.15, 0.2) is 24.5 Å². The van der Waals surface area contributed by atoms with Crippen LogP contribution >= 0.6 is 12.2 Å². The Morgan fingerprint density at radius 1 is 1.67 bits per heavy atom. The van der Waals surface area contributed by atoms with Crippen LogP contribution in [0.3, 0.4) is 0 Å². The molecule has 1 aromatic rings. The Labute approximate surface area is 75.1 Å². The van der Waals surface area contributed by atoms with Crippen molar-refractivity contribution in [3.63, 3.8) is 0 Å². The van der Waals surface area contributed by atoms with Gasteiger partial charge in [0.2, 0.25) is 0 Å². The molecular weight excluding hydrogens is 174 g/mol. The van der Waals surface area contributed by atoms with Crippen molar-refractivity contribution in [2.24, 2.45) is 0 Å². The largest absolute Gasteiger partial charge is 0.544 e. The highest BCUT2D eigenvalue weighted by atomic mass is 32.1. The highest BCUT2D eigenvalue weighted by Gasteiger charge is 1.98. The van der Waals surface area contributed by atoms with Crippen LogP contribution in [0.1, 0.15) is 5.56 Å². The van der Waals surface area contributed by atoms with E-state index in [0.29, 0.717) is 0 Å². The highest BCUT2D eigenvalue weighted by Crippen LogP contribution is 1.98. The molecular formula is C8H6NO2S-. The molecule has 0 aliphatic carbocycles. The number of hydrogen-bond donors (Lipinski definition) is 0. The van der Waals surface area contributed by atoms with Gasteiger partial charge >= 0.3 is 0 Å². The van der Waals surface area contributed by atoms with E-state index in [2.05, 4.69) is 17.2 Å². The number of carboxylic acid groups (broad SMARTS) is 1. The maximum absolute atomic E-state index is 10.2. The molecule has 0 radical (unpaired) electrons. The topological polar surface area (TPSA) is 53.0 Å². The Kier molecular flexibility index (Phi) is 2.88. The molecule has 1 rings (SSSR count). The molecule has 0 unspecified atom stereocenters. The third kappa shape index (κ3) is 2.39. The summed E-state index contributed by atoms with van der Waals surface area (Å²) in [5, 5.41) is 10.2. The van der Waals surface area contributed by atoms with Crippen molar-refractivity contribution in [2.45, 2.75) is 6.42 Å². The zero-order valence-corrected chi connectivity index (χ0v) is 7.00. The van der Waals surface area contributed by atoms with Gasteiger partial charge in [0.05, 0.1) is 5.97 Å². The summed E-state index contributed by atoms with van der Waals surface area (Å²) in [6, 6.07) is 3.50. The lowest BCUT2D eigenvalue weighted by Crippen LogP contribution is -2.31. The van der Waals surface area contributed by atoms with E-state index in [0.717, 1.165) is 5.56 Å². The number of nitrogens with zero attached hydrogens (tertiary/aromatic N) is 1. The van der Waals surface area contributed by atoms with Gasteiger partial charge in [-0.25, -0.2) is 0 Å². The first-order chi connectivity index (χ1) is 5.70. The van der Waals surface area contributed by atoms with E-state index in [1.165, 1.54) is 0 Å². The van der Waals surface area contributed by atoms with Gasteiger partial charge in [0.1, 0.15) is 0 Å². The first-order valence-electron chi connectivity index (χ1n) is 3.33. The normalized spacial score (nSPS) is 9.33. The fourth-order valence-corrected chi connectivity index (χ4v) is 0.927. The maximum Gasteiger partial charge on any atom is 0.0785 e. The average molecular weight is 180 g/mol. The van der Waals surface area contributed by atoms with Crippen molar-refractivity contribution in [1.82, 2.24) is 4.98 Å². The number of aromatic nitrogens is 1. The highest BCUT2D eigenvalue weighted by molar-refractivity contribution is 7.82. The quantitative estimate of drug-likeness (QED) is 0.601. The third-order valence-electron chi connectivity index (χ3n) is 1.32. The Morgan fingerprint density at radius 3 is 2.92 bits per heavy atom. The van der Waals surface area contributed by atoms with Crippen LogP contribution in [0.4, 0.5) is 0 Å². The lowest BCUT2D eigenvalue weighted by atomic mass is 10.1. The Hall–Kier alpha value is -1.29. The second-order valence-corrected chi connectivity index (χ2v) is 2.74. The van der Waals surface area contributed by atoms with Gasteiger partial charge in [0.15, 0.2) is 0 Å². The minimum absolute atomic E-state index is 0.0944. The summed E-state index contributed by atoms with van der Waals surface area (Å²) < 4.78 is 0. The fraction of sp³-hybridized carbons (Fsp3) is 0.125. The van der Waals surface area contributed by atoms with E-state index < -0.39 is 5.97 Å². The van der Waals surface area contributed by atoms with Crippen LogP contribution in [-0.2, 0) is 11.2 Å². The molecule has 4 heteroatoms. The van der Waals surface area contributed by atoms with Gasteiger partial charge in [0.25, 0.3) is 0 Å². The minimum atomic E-state index is -1.28. The molecule has 1 aromatic heterocycles. The molecule has 1 heterocycles. The Bertz CT molecular complexity index is 297. The van der Waals surface area contributed by atoms with Crippen LogP contribution in [0.25, 0.3) is 0 Å². The smallest absolute Gasteiger partial charge is 0.0785 e. The van der Waals surface area contributed by atoms with Crippen LogP contribution in [0.2, 0.25) is 0 Å². The molecule has 62 valence electrons. The standard InChI is InChI=1S/C8H7NO2S/c10-8(11)7(12)4-6-2-1-3-9-5-6/h1-3,5H,4H2,(H,10,11)/p-1. The summed E-state index contributed by atoms with van der Waals surface area (Å²) in [5.41, 5.74) is 0.784. The number of rotatable bonds is 3. The van der Waals surface area contributed by atoms with Crippen molar-refractivity contribution in [3.05, 3.63) is 30.1 Å². The number of pyridine rings is 1. The molecule has 0 amide bonds. The van der Waals surface area contributed by atoms with Crippen molar-refractivity contribution < 1.29 is 9.90 Å². The first-order valence-corrected chi connectivity index (χ1v) is 3.74. The summed E-state index contributed by atoms with van der Waals surface area (Å²) >= 11 is 4.57. The predicted molar refractivity (Wildman–Crippen MR) is 45.5 cm³/mol. The van der Waals surface area contributed by atoms with Gasteiger partial charge in [-0.1, -0.05) is 18.3 Å². The van der Waals surface area contributed by atoms with Crippen molar-refractivity contribution in [3.8, 4) is 0 Å². The zero-order valence-electron chi connectivity index (χ0n) is 6.19. The second kappa shape index (κ2) is 3.92. The van der Waals surface area contributed by atoms with E-state index in [9.17, 15) is 9.90 Å². The molecule has 0 saturated carbocycles. The molecule has 12 heavy (non-hydrogen) atoms. The molecule has 0 saturated heterocycles. The molecule has 0 aromatic carbocycles. The molecule has 0 bridgehead atoms. The van der Waals surface area contributed by atoms with Gasteiger partial charge in [-0.3, -0.25) is 4.98 Å². The lowest BCUT2D eigenvalue weighted by Gasteiger charge is -2.02. The van der Waals surface area contributed by atoms with Crippen molar-refractivity contribution in [1.29, 1.82) is 0 Å². The van der Waals surface area contributed by atoms with E-state index in [1.807, 2.05) is 0 Å². The second-order valence-electron chi connectivity index (χ2n) is 2.25. The van der Waals surface area contributed by atoms with Gasteiger partial charge in [0, 0.05) is 23.7 Å². The number of hydrogen-bond acceptors (Lipinski definition) is 4. The van der Waals surface area contributed by atoms with E-state index in [4.69, 9.17) is 0 Å². The molecule has 3 nitrogen and oxygen atoms in total. The summed E-state index contributed by atoms with van der Waals surface area (Å²) in [6.45, 7) is 0. The number of aliphatic carboxylic acids is 1. The third-order valence-corrected chi connectivity index (χ3v) is 1.63. The van der Waals surface area contributed by atoms with Crippen molar-refractivity contribution >= 4 is 23.1 Å². The summed E-state index contributed by atoms with van der Waals surface area (Å²) in [6.07, 6.45) is 3.41. The van der Waals surface area contributed by atoms with Gasteiger partial charge < -0.3 is 9.90 Å². The molecule has 0 aliphatic rings. The Balaban J connectivity index is 2.65. The maximum atomic E-state index is 10.2. The lowest BCUT2D eigenvalue weighted by molar-refractivity contribution is -0.293. The van der Waals surface area contributed by atoms with Crippen LogP contribution in [0, 0.1) is 0 Å². The minimum Gasteiger partial charge on any atom is -0.544 e. The zero-order chi connectivity index (χ0) is 8.97. The van der Waals surface area contributed by atoms with Crippen LogP contribution in [-0.4, -0.2) is 15.8 Å². The molecule has 0 aliphatic heterocycles. The van der Waals surface area contributed by atoms with Gasteiger partial charge in [-0.2, -0.15) is 0 Å². The van der Waals surface area contributed by atoms with Gasteiger partial charge in [-0.05, 0) is 11.6 Å². The summed E-state index contributed by atoms with van der Waals surface area (Å²) in [5.74, 6) is -1.28. The monoisotopic (exact) mass is 180 g/mol. The molecule has 0 atom stereocenters. The van der Waals surface area contributed by atoms with Crippen LogP contribution in [0.5, 0.6) is 0 Å². The van der Waals surface area contributed by atoms with Gasteiger partial charge in [-0.15, -0.1) is 0 Å². The van der Waals surface area contributed by atoms with Crippen molar-refractivity contribution in [2.75, 3.05) is 0 Å². The van der Waals surface area contributed by atoms with E-state index in [-0.39, 0.29) is 11.3 Å². The molecule has 0 spiro atoms.